The first-order chi connectivity index (χ1) is 11.5. The molecule has 0 atom stereocenters. The van der Waals surface area contributed by atoms with Crippen molar-refractivity contribution >= 4 is 50.8 Å². The fraction of sp³-hybridized carbons (Fsp3) is 0.118. The number of ketones is 1. The molecule has 0 fully saturated rings. The van der Waals surface area contributed by atoms with Gasteiger partial charge in [-0.05, 0) is 37.3 Å². The van der Waals surface area contributed by atoms with Gasteiger partial charge in [0, 0.05) is 21.3 Å². The normalized spacial score (nSPS) is 9.92. The molecular formula is C17H15BrN2O3S. The summed E-state index contributed by atoms with van der Waals surface area (Å²) in [6.07, 6.45) is -0.632. The lowest BCUT2D eigenvalue weighted by molar-refractivity contribution is 0.103. The van der Waals surface area contributed by atoms with E-state index in [1.165, 1.54) is 0 Å². The molecule has 0 radical (unpaired) electrons. The minimum absolute atomic E-state index is 0.0916. The van der Waals surface area contributed by atoms with Crippen LogP contribution in [0.25, 0.3) is 0 Å². The molecule has 5 nitrogen and oxygen atoms in total. The van der Waals surface area contributed by atoms with Gasteiger partial charge in [0.25, 0.3) is 0 Å². The molecule has 7 heteroatoms. The van der Waals surface area contributed by atoms with Gasteiger partial charge in [-0.15, -0.1) is 0 Å². The number of hydrogen-bond acceptors (Lipinski definition) is 4. The first kappa shape index (κ1) is 18.1. The van der Waals surface area contributed by atoms with Gasteiger partial charge in [-0.1, -0.05) is 46.3 Å². The highest BCUT2D eigenvalue weighted by Gasteiger charge is 2.14. The molecule has 0 heterocycles. The first-order valence-electron chi connectivity index (χ1n) is 7.15. The van der Waals surface area contributed by atoms with Gasteiger partial charge < -0.3 is 10.1 Å². The van der Waals surface area contributed by atoms with Crippen LogP contribution in [-0.4, -0.2) is 23.6 Å². The molecule has 124 valence electrons. The second kappa shape index (κ2) is 8.56. The second-order valence-electron chi connectivity index (χ2n) is 4.69. The molecule has 2 N–H and O–H groups in total. The van der Waals surface area contributed by atoms with E-state index in [1.54, 1.807) is 37.3 Å². The lowest BCUT2D eigenvalue weighted by atomic mass is 10.0. The van der Waals surface area contributed by atoms with Crippen molar-refractivity contribution in [1.29, 1.82) is 0 Å². The van der Waals surface area contributed by atoms with Crippen LogP contribution in [0.5, 0.6) is 0 Å². The van der Waals surface area contributed by atoms with E-state index in [-0.39, 0.29) is 17.5 Å². The zero-order valence-electron chi connectivity index (χ0n) is 12.8. The van der Waals surface area contributed by atoms with Crippen LogP contribution in [0.15, 0.2) is 53.0 Å². The van der Waals surface area contributed by atoms with E-state index < -0.39 is 6.09 Å². The third kappa shape index (κ3) is 4.87. The van der Waals surface area contributed by atoms with Crippen LogP contribution >= 0.6 is 28.1 Å². The third-order valence-electron chi connectivity index (χ3n) is 3.00. The Balaban J connectivity index is 2.15. The van der Waals surface area contributed by atoms with Crippen molar-refractivity contribution in [2.24, 2.45) is 0 Å². The van der Waals surface area contributed by atoms with Crippen LogP contribution in [0.2, 0.25) is 0 Å². The average molecular weight is 407 g/mol. The number of ether oxygens (including phenoxy) is 1. The van der Waals surface area contributed by atoms with Crippen molar-refractivity contribution in [2.75, 3.05) is 11.9 Å². The van der Waals surface area contributed by atoms with Gasteiger partial charge >= 0.3 is 6.09 Å². The summed E-state index contributed by atoms with van der Waals surface area (Å²) in [6, 6.07) is 14.1. The maximum atomic E-state index is 12.6. The topological polar surface area (TPSA) is 67.4 Å². The Morgan fingerprint density at radius 3 is 2.54 bits per heavy atom. The highest BCUT2D eigenvalue weighted by molar-refractivity contribution is 9.10. The minimum atomic E-state index is -0.632. The molecule has 0 unspecified atom stereocenters. The van der Waals surface area contributed by atoms with Gasteiger partial charge in [0.05, 0.1) is 6.61 Å². The van der Waals surface area contributed by atoms with E-state index in [9.17, 15) is 9.59 Å². The van der Waals surface area contributed by atoms with Gasteiger partial charge in [-0.25, -0.2) is 4.79 Å². The summed E-state index contributed by atoms with van der Waals surface area (Å²) in [6.45, 7) is 1.95. The van der Waals surface area contributed by atoms with E-state index in [4.69, 9.17) is 17.0 Å². The number of anilines is 1. The summed E-state index contributed by atoms with van der Waals surface area (Å²) in [5, 5.41) is 5.33. The van der Waals surface area contributed by atoms with Crippen molar-refractivity contribution in [2.45, 2.75) is 6.92 Å². The number of benzene rings is 2. The first-order valence-corrected chi connectivity index (χ1v) is 8.35. The maximum Gasteiger partial charge on any atom is 0.413 e. The summed E-state index contributed by atoms with van der Waals surface area (Å²) in [5.41, 5.74) is 1.66. The fourth-order valence-electron chi connectivity index (χ4n) is 1.94. The van der Waals surface area contributed by atoms with Gasteiger partial charge in [0.2, 0.25) is 0 Å². The zero-order chi connectivity index (χ0) is 17.5. The fourth-order valence-corrected chi connectivity index (χ4v) is 2.57. The second-order valence-corrected chi connectivity index (χ2v) is 5.95. The van der Waals surface area contributed by atoms with Crippen molar-refractivity contribution in [3.63, 3.8) is 0 Å². The number of rotatable bonds is 4. The molecular weight excluding hydrogens is 392 g/mol. The summed E-state index contributed by atoms with van der Waals surface area (Å²) in [4.78, 5) is 23.9. The lowest BCUT2D eigenvalue weighted by Gasteiger charge is -2.11. The van der Waals surface area contributed by atoms with E-state index in [1.807, 2.05) is 18.2 Å². The molecule has 0 saturated carbocycles. The Labute approximate surface area is 153 Å². The largest absolute Gasteiger partial charge is 0.450 e. The molecule has 1 amide bonds. The lowest BCUT2D eigenvalue weighted by Crippen LogP contribution is -2.34. The van der Waals surface area contributed by atoms with Crippen molar-refractivity contribution < 1.29 is 14.3 Å². The van der Waals surface area contributed by atoms with Crippen LogP contribution in [0, 0.1) is 0 Å². The minimum Gasteiger partial charge on any atom is -0.450 e. The molecule has 0 aliphatic rings. The van der Waals surface area contributed by atoms with E-state index in [2.05, 4.69) is 26.6 Å². The predicted molar refractivity (Wildman–Crippen MR) is 100 cm³/mol. The van der Waals surface area contributed by atoms with Gasteiger partial charge in [-0.2, -0.15) is 0 Å². The number of halogens is 1. The number of nitrogens with one attached hydrogen (secondary N) is 2. The molecule has 0 bridgehead atoms. The van der Waals surface area contributed by atoms with E-state index >= 15 is 0 Å². The molecule has 0 saturated heterocycles. The van der Waals surface area contributed by atoms with E-state index in [0.29, 0.717) is 21.3 Å². The summed E-state index contributed by atoms with van der Waals surface area (Å²) < 4.78 is 5.42. The Kier molecular flexibility index (Phi) is 6.45. The number of alkyl carbamates (subject to hydrolysis) is 1. The molecule has 2 rings (SSSR count). The van der Waals surface area contributed by atoms with Crippen LogP contribution in [0.4, 0.5) is 10.5 Å². The SMILES string of the molecule is CCOC(=O)NC(=S)Nc1ccc(Br)c(C(=O)c2ccccc2)c1. The smallest absolute Gasteiger partial charge is 0.413 e. The van der Waals surface area contributed by atoms with E-state index in [0.717, 1.165) is 0 Å². The summed E-state index contributed by atoms with van der Waals surface area (Å²) in [5.74, 6) is -0.115. The van der Waals surface area contributed by atoms with Crippen molar-refractivity contribution in [3.8, 4) is 0 Å². The predicted octanol–water partition coefficient (Wildman–Crippen LogP) is 4.12. The Bertz CT molecular complexity index is 766. The standard InChI is InChI=1S/C17H15BrN2O3S/c1-2-23-17(22)20-16(24)19-12-8-9-14(18)13(10-12)15(21)11-6-4-3-5-7-11/h3-10H,2H2,1H3,(H2,19,20,22,24). The van der Waals surface area contributed by atoms with Crippen LogP contribution in [0.3, 0.4) is 0 Å². The molecule has 0 spiro atoms. The van der Waals surface area contributed by atoms with Crippen molar-refractivity contribution in [3.05, 3.63) is 64.1 Å². The molecule has 0 aliphatic carbocycles. The molecule has 24 heavy (non-hydrogen) atoms. The quantitative estimate of drug-likeness (QED) is 0.590. The monoisotopic (exact) mass is 406 g/mol. The molecule has 0 aromatic heterocycles. The Hall–Kier alpha value is -2.25. The molecule has 2 aromatic rings. The van der Waals surface area contributed by atoms with Gasteiger partial charge in [0.1, 0.15) is 0 Å². The number of carbonyl (C=O) groups excluding carboxylic acids is 2. The third-order valence-corrected chi connectivity index (χ3v) is 3.89. The number of thiocarbonyl (C=S) groups is 1. The number of carbonyl (C=O) groups is 2. The highest BCUT2D eigenvalue weighted by atomic mass is 79.9. The molecule has 2 aromatic carbocycles. The summed E-state index contributed by atoms with van der Waals surface area (Å²) >= 11 is 8.43. The number of hydrogen-bond donors (Lipinski definition) is 2. The Morgan fingerprint density at radius 2 is 1.88 bits per heavy atom. The maximum absolute atomic E-state index is 12.6. The molecule has 0 aliphatic heterocycles. The summed E-state index contributed by atoms with van der Waals surface area (Å²) in [7, 11) is 0. The van der Waals surface area contributed by atoms with Crippen LogP contribution in [-0.2, 0) is 4.74 Å². The van der Waals surface area contributed by atoms with Crippen LogP contribution in [0.1, 0.15) is 22.8 Å². The number of amides is 1. The Morgan fingerprint density at radius 1 is 1.17 bits per heavy atom. The van der Waals surface area contributed by atoms with Gasteiger partial charge in [-0.3, -0.25) is 10.1 Å². The van der Waals surface area contributed by atoms with Gasteiger partial charge in [0.15, 0.2) is 10.9 Å². The van der Waals surface area contributed by atoms with Crippen LogP contribution < -0.4 is 10.6 Å². The highest BCUT2D eigenvalue weighted by Crippen LogP contribution is 2.24. The van der Waals surface area contributed by atoms with Crippen molar-refractivity contribution in [1.82, 2.24) is 5.32 Å². The zero-order valence-corrected chi connectivity index (χ0v) is 15.2. The average Bonchev–Trinajstić information content (AvgIpc) is 2.57.